The summed E-state index contributed by atoms with van der Waals surface area (Å²) >= 11 is 0. The Morgan fingerprint density at radius 1 is 1.03 bits per heavy atom. The number of rotatable bonds is 9. The minimum atomic E-state index is -2.07. The maximum Gasteiger partial charge on any atom is 0.408 e. The first-order valence-corrected chi connectivity index (χ1v) is 9.81. The van der Waals surface area contributed by atoms with Crippen LogP contribution in [0.3, 0.4) is 0 Å². The molecule has 3 atom stereocenters. The van der Waals surface area contributed by atoms with Crippen LogP contribution in [0.25, 0.3) is 0 Å². The molecule has 182 valence electrons. The van der Waals surface area contributed by atoms with E-state index in [1.807, 2.05) is 5.32 Å². The van der Waals surface area contributed by atoms with Crippen molar-refractivity contribution in [3.05, 3.63) is 68.7 Å². The normalized spacial score (nSPS) is 13.1. The highest BCUT2D eigenvalue weighted by atomic mass is 19.1. The molecule has 0 saturated heterocycles. The molecule has 1 unspecified atom stereocenters. The molecule has 0 aliphatic carbocycles. The summed E-state index contributed by atoms with van der Waals surface area (Å²) in [7, 11) is 0. The zero-order valence-corrected chi connectivity index (χ0v) is 18.0. The quantitative estimate of drug-likeness (QED) is 0.309. The average Bonchev–Trinajstić information content (AvgIpc) is 2.78. The lowest BCUT2D eigenvalue weighted by Crippen LogP contribution is -2.54. The number of ether oxygens (including phenoxy) is 1. The van der Waals surface area contributed by atoms with E-state index in [4.69, 9.17) is 4.74 Å². The van der Waals surface area contributed by atoms with Crippen LogP contribution in [0.4, 0.5) is 9.18 Å². The number of carboxylic acids is 1. The van der Waals surface area contributed by atoms with E-state index < -0.39 is 59.2 Å². The third kappa shape index (κ3) is 7.01. The van der Waals surface area contributed by atoms with Gasteiger partial charge in [-0.3, -0.25) is 23.9 Å². The maximum absolute atomic E-state index is 13.5. The Kier molecular flexibility index (Phi) is 8.64. The van der Waals surface area contributed by atoms with Gasteiger partial charge in [0.25, 0.3) is 5.56 Å². The number of hydrogen-bond donors (Lipinski definition) is 5. The zero-order valence-electron chi connectivity index (χ0n) is 18.0. The summed E-state index contributed by atoms with van der Waals surface area (Å²) in [5.74, 6) is -5.02. The number of H-pyrrole nitrogens is 1. The van der Waals surface area contributed by atoms with E-state index in [2.05, 4.69) is 10.6 Å². The second-order valence-electron chi connectivity index (χ2n) is 7.05. The third-order valence-electron chi connectivity index (χ3n) is 4.41. The summed E-state index contributed by atoms with van der Waals surface area (Å²) in [5, 5.41) is 15.8. The van der Waals surface area contributed by atoms with Crippen LogP contribution in [0.5, 0.6) is 0 Å². The lowest BCUT2D eigenvalue weighted by atomic mass is 10.2. The van der Waals surface area contributed by atoms with Crippen molar-refractivity contribution in [2.45, 2.75) is 38.7 Å². The van der Waals surface area contributed by atoms with E-state index in [-0.39, 0.29) is 11.2 Å². The average molecular weight is 479 g/mol. The summed E-state index contributed by atoms with van der Waals surface area (Å²) in [4.78, 5) is 72.5. The summed E-state index contributed by atoms with van der Waals surface area (Å²) in [5.41, 5.74) is -1.90. The fourth-order valence-corrected chi connectivity index (χ4v) is 2.57. The molecule has 34 heavy (non-hydrogen) atoms. The molecule has 1 aromatic carbocycles. The van der Waals surface area contributed by atoms with Crippen molar-refractivity contribution in [1.82, 2.24) is 25.5 Å². The Bertz CT molecular complexity index is 1180. The van der Waals surface area contributed by atoms with Crippen LogP contribution in [0.2, 0.25) is 0 Å². The van der Waals surface area contributed by atoms with Gasteiger partial charge in [0.05, 0.1) is 6.20 Å². The Labute approximate surface area is 190 Å². The Hall–Kier alpha value is -4.49. The topological polar surface area (TPSA) is 189 Å². The number of nitrogens with one attached hydrogen (secondary N) is 4. The molecule has 0 bridgehead atoms. The molecule has 1 heterocycles. The predicted molar refractivity (Wildman–Crippen MR) is 113 cm³/mol. The fraction of sp³-hybridized carbons (Fsp3) is 0.300. The van der Waals surface area contributed by atoms with Crippen molar-refractivity contribution in [1.29, 1.82) is 0 Å². The van der Waals surface area contributed by atoms with Gasteiger partial charge in [-0.1, -0.05) is 30.3 Å². The number of alkyl carbamates (subject to hydrolysis) is 1. The van der Waals surface area contributed by atoms with E-state index in [0.29, 0.717) is 6.20 Å². The number of amides is 3. The number of carbonyl (C=O) groups excluding carboxylic acids is 3. The van der Waals surface area contributed by atoms with Crippen LogP contribution in [0.15, 0.2) is 46.1 Å². The lowest BCUT2D eigenvalue weighted by molar-refractivity contribution is -0.145. The lowest BCUT2D eigenvalue weighted by Gasteiger charge is -2.21. The molecular weight excluding hydrogens is 457 g/mol. The molecule has 14 heteroatoms. The van der Waals surface area contributed by atoms with Gasteiger partial charge in [-0.05, 0) is 19.4 Å². The highest BCUT2D eigenvalue weighted by Crippen LogP contribution is 2.02. The van der Waals surface area contributed by atoms with Crippen molar-refractivity contribution in [3.63, 3.8) is 0 Å². The van der Waals surface area contributed by atoms with Gasteiger partial charge in [-0.2, -0.15) is 4.39 Å². The molecule has 2 rings (SSSR count). The number of nitrogens with zero attached hydrogens (tertiary/aromatic N) is 1. The van der Waals surface area contributed by atoms with Gasteiger partial charge in [-0.15, -0.1) is 0 Å². The summed E-state index contributed by atoms with van der Waals surface area (Å²) < 4.78 is 18.7. The van der Waals surface area contributed by atoms with Gasteiger partial charge in [0.1, 0.15) is 18.7 Å². The number of hydrogen-bond acceptors (Lipinski definition) is 7. The molecule has 13 nitrogen and oxygen atoms in total. The van der Waals surface area contributed by atoms with Crippen molar-refractivity contribution in [2.24, 2.45) is 0 Å². The van der Waals surface area contributed by atoms with E-state index in [1.165, 1.54) is 13.8 Å². The number of benzene rings is 1. The number of carboxylic acid groups (broad SMARTS) is 1. The molecular formula is C20H22FN5O8. The number of halogens is 1. The Morgan fingerprint density at radius 2 is 1.62 bits per heavy atom. The van der Waals surface area contributed by atoms with Gasteiger partial charge >= 0.3 is 17.8 Å². The second kappa shape index (κ2) is 11.4. The highest BCUT2D eigenvalue weighted by molar-refractivity contribution is 5.92. The van der Waals surface area contributed by atoms with E-state index >= 15 is 0 Å². The van der Waals surface area contributed by atoms with Crippen LogP contribution >= 0.6 is 0 Å². The van der Waals surface area contributed by atoms with Gasteiger partial charge in [0.2, 0.25) is 23.8 Å². The molecule has 0 aliphatic rings. The molecule has 0 saturated carbocycles. The van der Waals surface area contributed by atoms with Gasteiger partial charge in [0, 0.05) is 0 Å². The van der Waals surface area contributed by atoms with Crippen molar-refractivity contribution in [2.75, 3.05) is 0 Å². The van der Waals surface area contributed by atoms with Crippen LogP contribution in [0, 0.1) is 5.82 Å². The minimum absolute atomic E-state index is 0.0267. The molecule has 0 fully saturated rings. The molecule has 1 aromatic heterocycles. The smallest absolute Gasteiger partial charge is 0.408 e. The first kappa shape index (κ1) is 25.8. The fourth-order valence-electron chi connectivity index (χ4n) is 2.57. The molecule has 3 amide bonds. The summed E-state index contributed by atoms with van der Waals surface area (Å²) in [6, 6.07) is 6.36. The molecule has 0 spiro atoms. The van der Waals surface area contributed by atoms with Crippen molar-refractivity contribution in [3.8, 4) is 0 Å². The van der Waals surface area contributed by atoms with Crippen LogP contribution in [0.1, 0.15) is 25.6 Å². The van der Waals surface area contributed by atoms with Crippen LogP contribution < -0.4 is 27.2 Å². The number of aromatic amines is 1. The molecule has 2 aromatic rings. The van der Waals surface area contributed by atoms with E-state index in [0.717, 1.165) is 5.56 Å². The molecule has 0 aliphatic heterocycles. The predicted octanol–water partition coefficient (Wildman–Crippen LogP) is -0.805. The number of aliphatic carboxylic acids is 1. The molecule has 0 radical (unpaired) electrons. The first-order chi connectivity index (χ1) is 16.0. The standard InChI is InChI=1S/C20H22FN5O8/c1-10(16(28)24-14(18(30)31)26-8-13(21)17(29)25-19(26)32)22-15(27)11(2)23-20(33)34-9-12-6-4-3-5-7-12/h3-8,10-11,14H,9H2,1-2H3,(H,22,27)(H,23,33)(H,24,28)(H,30,31)(H,25,29,32)/t10-,11-,14?/m0/s1. The highest BCUT2D eigenvalue weighted by Gasteiger charge is 2.28. The van der Waals surface area contributed by atoms with Crippen molar-refractivity contribution >= 4 is 23.9 Å². The third-order valence-corrected chi connectivity index (χ3v) is 4.41. The van der Waals surface area contributed by atoms with E-state index in [1.54, 1.807) is 35.3 Å². The second-order valence-corrected chi connectivity index (χ2v) is 7.05. The Balaban J connectivity index is 1.94. The molecule has 5 N–H and O–H groups in total. The number of carbonyl (C=O) groups is 4. The van der Waals surface area contributed by atoms with Crippen molar-refractivity contribution < 1.29 is 33.4 Å². The summed E-state index contributed by atoms with van der Waals surface area (Å²) in [6.45, 7) is 2.51. The van der Waals surface area contributed by atoms with Gasteiger partial charge in [-0.25, -0.2) is 14.4 Å². The number of aromatic nitrogens is 2. The summed E-state index contributed by atoms with van der Waals surface area (Å²) in [6.07, 6.45) is -2.63. The van der Waals surface area contributed by atoms with E-state index in [9.17, 15) is 38.3 Å². The SMILES string of the molecule is C[C@H](NC(=O)OCc1ccccc1)C(=O)N[C@@H](C)C(=O)NC(C(=O)O)n1cc(F)c(=O)[nH]c1=O. The monoisotopic (exact) mass is 479 g/mol. The van der Waals surface area contributed by atoms with Gasteiger partial charge < -0.3 is 25.8 Å². The maximum atomic E-state index is 13.5. The first-order valence-electron chi connectivity index (χ1n) is 9.81. The Morgan fingerprint density at radius 3 is 2.24 bits per heavy atom. The van der Waals surface area contributed by atoms with Gasteiger partial charge in [0.15, 0.2) is 0 Å². The minimum Gasteiger partial charge on any atom is -0.478 e. The van der Waals surface area contributed by atoms with Crippen LogP contribution in [-0.4, -0.2) is 50.6 Å². The van der Waals surface area contributed by atoms with Crippen LogP contribution in [-0.2, 0) is 25.7 Å². The largest absolute Gasteiger partial charge is 0.478 e. The zero-order chi connectivity index (χ0) is 25.4.